The SMILES string of the molecule is CCCC(C)C(O)c1cccc(OC)c1F. The van der Waals surface area contributed by atoms with E-state index in [1.54, 1.807) is 18.2 Å². The van der Waals surface area contributed by atoms with Gasteiger partial charge < -0.3 is 9.84 Å². The zero-order chi connectivity index (χ0) is 12.1. The summed E-state index contributed by atoms with van der Waals surface area (Å²) >= 11 is 0. The standard InChI is InChI=1S/C13H19FO2/c1-4-6-9(2)13(15)10-7-5-8-11(16-3)12(10)14/h5,7-9,13,15H,4,6H2,1-3H3. The van der Waals surface area contributed by atoms with E-state index < -0.39 is 11.9 Å². The van der Waals surface area contributed by atoms with Crippen molar-refractivity contribution in [2.24, 2.45) is 5.92 Å². The minimum absolute atomic E-state index is 0.0478. The van der Waals surface area contributed by atoms with Gasteiger partial charge in [0.15, 0.2) is 11.6 Å². The molecule has 0 spiro atoms. The second-order valence-corrected chi connectivity index (χ2v) is 4.07. The van der Waals surface area contributed by atoms with Crippen molar-refractivity contribution in [2.45, 2.75) is 32.8 Å². The second-order valence-electron chi connectivity index (χ2n) is 4.07. The molecule has 0 radical (unpaired) electrons. The van der Waals surface area contributed by atoms with E-state index in [0.29, 0.717) is 5.56 Å². The number of hydrogen-bond donors (Lipinski definition) is 1. The maximum Gasteiger partial charge on any atom is 0.170 e. The molecule has 0 heterocycles. The molecule has 1 aromatic carbocycles. The first-order valence-electron chi connectivity index (χ1n) is 5.62. The van der Waals surface area contributed by atoms with Crippen LogP contribution >= 0.6 is 0 Å². The summed E-state index contributed by atoms with van der Waals surface area (Å²) in [6.45, 7) is 3.97. The van der Waals surface area contributed by atoms with Crippen LogP contribution in [0.1, 0.15) is 38.4 Å². The largest absolute Gasteiger partial charge is 0.494 e. The number of aliphatic hydroxyl groups excluding tert-OH is 1. The first-order valence-corrected chi connectivity index (χ1v) is 5.62. The molecule has 0 aromatic heterocycles. The Morgan fingerprint density at radius 2 is 2.12 bits per heavy atom. The minimum Gasteiger partial charge on any atom is -0.494 e. The molecule has 2 atom stereocenters. The van der Waals surface area contributed by atoms with Crippen LogP contribution in [0.4, 0.5) is 4.39 Å². The molecule has 0 bridgehead atoms. The number of halogens is 1. The molecule has 2 nitrogen and oxygen atoms in total. The van der Waals surface area contributed by atoms with Crippen LogP contribution in [0.5, 0.6) is 5.75 Å². The average molecular weight is 226 g/mol. The lowest BCUT2D eigenvalue weighted by atomic mass is 9.93. The first kappa shape index (κ1) is 13.0. The van der Waals surface area contributed by atoms with Crippen molar-refractivity contribution in [2.75, 3.05) is 7.11 Å². The third-order valence-corrected chi connectivity index (χ3v) is 2.81. The van der Waals surface area contributed by atoms with Crippen LogP contribution in [0.25, 0.3) is 0 Å². The molecule has 0 aliphatic heterocycles. The fourth-order valence-electron chi connectivity index (χ4n) is 1.83. The van der Waals surface area contributed by atoms with Gasteiger partial charge in [-0.1, -0.05) is 32.4 Å². The third-order valence-electron chi connectivity index (χ3n) is 2.81. The number of aliphatic hydroxyl groups is 1. The van der Waals surface area contributed by atoms with Crippen LogP contribution in [0.3, 0.4) is 0 Å². The lowest BCUT2D eigenvalue weighted by molar-refractivity contribution is 0.108. The molecule has 1 N–H and O–H groups in total. The van der Waals surface area contributed by atoms with Gasteiger partial charge in [0.05, 0.1) is 13.2 Å². The van der Waals surface area contributed by atoms with E-state index in [-0.39, 0.29) is 11.7 Å². The molecule has 0 amide bonds. The van der Waals surface area contributed by atoms with Gasteiger partial charge in [0.2, 0.25) is 0 Å². The molecule has 3 heteroatoms. The monoisotopic (exact) mass is 226 g/mol. The maximum atomic E-state index is 13.8. The van der Waals surface area contributed by atoms with Crippen LogP contribution in [-0.4, -0.2) is 12.2 Å². The van der Waals surface area contributed by atoms with Gasteiger partial charge in [0.1, 0.15) is 0 Å². The molecule has 0 fully saturated rings. The van der Waals surface area contributed by atoms with Crippen molar-refractivity contribution in [3.63, 3.8) is 0 Å². The molecular formula is C13H19FO2. The van der Waals surface area contributed by atoms with E-state index >= 15 is 0 Å². The Hall–Kier alpha value is -1.09. The van der Waals surface area contributed by atoms with Crippen molar-refractivity contribution in [1.82, 2.24) is 0 Å². The van der Waals surface area contributed by atoms with Gasteiger partial charge >= 0.3 is 0 Å². The summed E-state index contributed by atoms with van der Waals surface area (Å²) in [7, 11) is 1.42. The summed E-state index contributed by atoms with van der Waals surface area (Å²) in [5.74, 6) is -0.229. The highest BCUT2D eigenvalue weighted by molar-refractivity contribution is 5.32. The summed E-state index contributed by atoms with van der Waals surface area (Å²) in [5, 5.41) is 10.0. The summed E-state index contributed by atoms with van der Waals surface area (Å²) in [5.41, 5.74) is 0.320. The third kappa shape index (κ3) is 2.73. The fourth-order valence-corrected chi connectivity index (χ4v) is 1.83. The van der Waals surface area contributed by atoms with Gasteiger partial charge in [-0.25, -0.2) is 4.39 Å². The number of benzene rings is 1. The van der Waals surface area contributed by atoms with E-state index in [0.717, 1.165) is 12.8 Å². The van der Waals surface area contributed by atoms with Crippen molar-refractivity contribution >= 4 is 0 Å². The average Bonchev–Trinajstić information content (AvgIpc) is 2.29. The van der Waals surface area contributed by atoms with Crippen LogP contribution < -0.4 is 4.74 Å². The maximum absolute atomic E-state index is 13.8. The molecule has 0 aliphatic rings. The molecule has 0 saturated heterocycles. The molecule has 0 aliphatic carbocycles. The quantitative estimate of drug-likeness (QED) is 0.834. The molecule has 2 unspecified atom stereocenters. The molecule has 1 rings (SSSR count). The summed E-state index contributed by atoms with van der Waals surface area (Å²) < 4.78 is 18.7. The van der Waals surface area contributed by atoms with E-state index in [1.165, 1.54) is 7.11 Å². The Balaban J connectivity index is 2.94. The van der Waals surface area contributed by atoms with E-state index in [4.69, 9.17) is 4.74 Å². The summed E-state index contributed by atoms with van der Waals surface area (Å²) in [6, 6.07) is 4.85. The lowest BCUT2D eigenvalue weighted by Crippen LogP contribution is -2.11. The Bertz CT molecular complexity index is 339. The Morgan fingerprint density at radius 3 is 2.69 bits per heavy atom. The molecule has 90 valence electrons. The van der Waals surface area contributed by atoms with Crippen molar-refractivity contribution < 1.29 is 14.2 Å². The minimum atomic E-state index is -0.768. The fraction of sp³-hybridized carbons (Fsp3) is 0.538. The highest BCUT2D eigenvalue weighted by atomic mass is 19.1. The van der Waals surface area contributed by atoms with Crippen LogP contribution in [0, 0.1) is 11.7 Å². The smallest absolute Gasteiger partial charge is 0.170 e. The second kappa shape index (κ2) is 5.85. The predicted molar refractivity (Wildman–Crippen MR) is 62.0 cm³/mol. The van der Waals surface area contributed by atoms with Gasteiger partial charge in [-0.15, -0.1) is 0 Å². The van der Waals surface area contributed by atoms with Gasteiger partial charge in [-0.05, 0) is 18.4 Å². The predicted octanol–water partition coefficient (Wildman–Crippen LogP) is 3.30. The summed E-state index contributed by atoms with van der Waals surface area (Å²) in [4.78, 5) is 0. The molecular weight excluding hydrogens is 207 g/mol. The zero-order valence-electron chi connectivity index (χ0n) is 10.0. The van der Waals surface area contributed by atoms with Crippen LogP contribution in [0.2, 0.25) is 0 Å². The van der Waals surface area contributed by atoms with Gasteiger partial charge in [-0.2, -0.15) is 0 Å². The van der Waals surface area contributed by atoms with E-state index in [9.17, 15) is 9.50 Å². The zero-order valence-corrected chi connectivity index (χ0v) is 10.0. The molecule has 0 saturated carbocycles. The molecule has 1 aromatic rings. The Kier molecular flexibility index (Phi) is 4.74. The van der Waals surface area contributed by atoms with Crippen LogP contribution in [-0.2, 0) is 0 Å². The Labute approximate surface area is 96.1 Å². The highest BCUT2D eigenvalue weighted by Crippen LogP contribution is 2.30. The van der Waals surface area contributed by atoms with E-state index in [1.807, 2.05) is 13.8 Å². The number of hydrogen-bond acceptors (Lipinski definition) is 2. The topological polar surface area (TPSA) is 29.5 Å². The Morgan fingerprint density at radius 1 is 1.44 bits per heavy atom. The van der Waals surface area contributed by atoms with Crippen molar-refractivity contribution in [1.29, 1.82) is 0 Å². The summed E-state index contributed by atoms with van der Waals surface area (Å²) in [6.07, 6.45) is 1.08. The van der Waals surface area contributed by atoms with Gasteiger partial charge in [-0.3, -0.25) is 0 Å². The van der Waals surface area contributed by atoms with E-state index in [2.05, 4.69) is 0 Å². The molecule has 16 heavy (non-hydrogen) atoms. The van der Waals surface area contributed by atoms with Gasteiger partial charge in [0, 0.05) is 5.56 Å². The first-order chi connectivity index (χ1) is 7.61. The number of methoxy groups -OCH3 is 1. The van der Waals surface area contributed by atoms with Crippen LogP contribution in [0.15, 0.2) is 18.2 Å². The van der Waals surface area contributed by atoms with Crippen molar-refractivity contribution in [3.8, 4) is 5.75 Å². The number of ether oxygens (including phenoxy) is 1. The number of rotatable bonds is 5. The highest BCUT2D eigenvalue weighted by Gasteiger charge is 2.20. The van der Waals surface area contributed by atoms with Gasteiger partial charge in [0.25, 0.3) is 0 Å². The normalized spacial score (nSPS) is 14.6. The van der Waals surface area contributed by atoms with Crippen molar-refractivity contribution in [3.05, 3.63) is 29.6 Å². The lowest BCUT2D eigenvalue weighted by Gasteiger charge is -2.19.